The lowest BCUT2D eigenvalue weighted by Crippen LogP contribution is -2.42. The van der Waals surface area contributed by atoms with Crippen molar-refractivity contribution in [1.29, 1.82) is 0 Å². The predicted octanol–water partition coefficient (Wildman–Crippen LogP) is 5.11. The van der Waals surface area contributed by atoms with E-state index in [4.69, 9.17) is 23.2 Å². The smallest absolute Gasteiger partial charge is 0.252 e. The molecule has 2 rings (SSSR count). The Hall–Kier alpha value is -1.88. The zero-order valence-corrected chi connectivity index (χ0v) is 19.1. The third kappa shape index (κ3) is 6.05. The van der Waals surface area contributed by atoms with Crippen molar-refractivity contribution in [2.45, 2.75) is 39.7 Å². The third-order valence-electron chi connectivity index (χ3n) is 5.18. The van der Waals surface area contributed by atoms with E-state index >= 15 is 0 Å². The number of hydrogen-bond donors (Lipinski definition) is 1. The summed E-state index contributed by atoms with van der Waals surface area (Å²) in [6.45, 7) is 6.42. The molecule has 0 fully saturated rings. The average molecular weight is 435 g/mol. The number of amides is 1. The fourth-order valence-corrected chi connectivity index (χ4v) is 3.83. The summed E-state index contributed by atoms with van der Waals surface area (Å²) in [7, 11) is 3.98. The number of rotatable bonds is 8. The molecule has 0 unspecified atom stereocenters. The number of carbonyl (C=O) groups is 2. The SMILES string of the molecule is CCC(=O)c1cc(C)c(C[C@@H](CNC(=O)c2ccc(Cl)cc2Cl)N(C)C)c(C)c1. The number of aryl methyl sites for hydroxylation is 2. The molecule has 0 aliphatic carbocycles. The van der Waals surface area contributed by atoms with Crippen LogP contribution in [0.4, 0.5) is 0 Å². The van der Waals surface area contributed by atoms with Gasteiger partial charge < -0.3 is 10.2 Å². The number of hydrogen-bond acceptors (Lipinski definition) is 3. The minimum absolute atomic E-state index is 0.0927. The molecule has 0 aliphatic rings. The van der Waals surface area contributed by atoms with E-state index in [9.17, 15) is 9.59 Å². The number of likely N-dealkylation sites (N-methyl/N-ethyl adjacent to an activating group) is 1. The summed E-state index contributed by atoms with van der Waals surface area (Å²) in [6.07, 6.45) is 1.26. The Morgan fingerprint density at radius 2 is 1.69 bits per heavy atom. The monoisotopic (exact) mass is 434 g/mol. The van der Waals surface area contributed by atoms with Gasteiger partial charge in [0.05, 0.1) is 10.6 Å². The Kier molecular flexibility index (Phi) is 8.26. The number of carbonyl (C=O) groups excluding carboxylic acids is 2. The molecule has 0 saturated carbocycles. The maximum Gasteiger partial charge on any atom is 0.252 e. The van der Waals surface area contributed by atoms with Gasteiger partial charge in [-0.3, -0.25) is 9.59 Å². The van der Waals surface area contributed by atoms with E-state index in [1.54, 1.807) is 18.2 Å². The van der Waals surface area contributed by atoms with E-state index in [2.05, 4.69) is 10.2 Å². The molecule has 0 radical (unpaired) electrons. The Bertz CT molecular complexity index is 887. The van der Waals surface area contributed by atoms with Crippen LogP contribution >= 0.6 is 23.2 Å². The summed E-state index contributed by atoms with van der Waals surface area (Å²) >= 11 is 12.0. The number of Topliss-reactive ketones (excluding diaryl/α,β-unsaturated/α-hetero) is 1. The normalized spacial score (nSPS) is 12.1. The Balaban J connectivity index is 2.14. The fourth-order valence-electron chi connectivity index (χ4n) is 3.33. The third-order valence-corrected chi connectivity index (χ3v) is 5.73. The van der Waals surface area contributed by atoms with Crippen molar-refractivity contribution in [3.05, 3.63) is 68.2 Å². The van der Waals surface area contributed by atoms with Gasteiger partial charge in [-0.25, -0.2) is 0 Å². The molecular weight excluding hydrogens is 407 g/mol. The summed E-state index contributed by atoms with van der Waals surface area (Å²) in [6, 6.07) is 8.86. The molecule has 0 spiro atoms. The van der Waals surface area contributed by atoms with Gasteiger partial charge in [-0.05, 0) is 81.4 Å². The summed E-state index contributed by atoms with van der Waals surface area (Å²) in [4.78, 5) is 26.7. The average Bonchev–Trinajstić information content (AvgIpc) is 2.65. The number of nitrogens with one attached hydrogen (secondary N) is 1. The second kappa shape index (κ2) is 10.2. The molecule has 156 valence electrons. The maximum atomic E-state index is 12.5. The lowest BCUT2D eigenvalue weighted by molar-refractivity contribution is 0.0940. The van der Waals surface area contributed by atoms with Crippen molar-refractivity contribution in [2.24, 2.45) is 0 Å². The lowest BCUT2D eigenvalue weighted by atomic mass is 9.92. The second-order valence-corrected chi connectivity index (χ2v) is 8.36. The Morgan fingerprint density at radius 1 is 1.07 bits per heavy atom. The highest BCUT2D eigenvalue weighted by Crippen LogP contribution is 2.22. The van der Waals surface area contributed by atoms with Gasteiger partial charge in [0, 0.05) is 29.6 Å². The Labute approximate surface area is 183 Å². The van der Waals surface area contributed by atoms with Crippen molar-refractivity contribution in [2.75, 3.05) is 20.6 Å². The van der Waals surface area contributed by atoms with Crippen molar-refractivity contribution in [3.8, 4) is 0 Å². The summed E-state index contributed by atoms with van der Waals surface area (Å²) < 4.78 is 0. The van der Waals surface area contributed by atoms with Crippen molar-refractivity contribution in [1.82, 2.24) is 10.2 Å². The van der Waals surface area contributed by atoms with Crippen LogP contribution < -0.4 is 5.32 Å². The minimum Gasteiger partial charge on any atom is -0.350 e. The van der Waals surface area contributed by atoms with E-state index < -0.39 is 0 Å². The first-order chi connectivity index (χ1) is 13.6. The molecule has 0 saturated heterocycles. The standard InChI is InChI=1S/C23H28Cl2N2O2/c1-6-22(28)16-9-14(2)20(15(3)10-16)12-18(27(4)5)13-26-23(29)19-8-7-17(24)11-21(19)25/h7-11,18H,6,12-13H2,1-5H3,(H,26,29)/t18-/m0/s1. The molecule has 0 aliphatic heterocycles. The van der Waals surface area contributed by atoms with Gasteiger partial charge in [0.25, 0.3) is 5.91 Å². The number of ketones is 1. The van der Waals surface area contributed by atoms with Crippen LogP contribution in [0, 0.1) is 13.8 Å². The first-order valence-corrected chi connectivity index (χ1v) is 10.4. The van der Waals surface area contributed by atoms with Crippen LogP contribution in [0.2, 0.25) is 10.0 Å². The van der Waals surface area contributed by atoms with Crippen molar-refractivity contribution in [3.63, 3.8) is 0 Å². The lowest BCUT2D eigenvalue weighted by Gasteiger charge is -2.26. The largest absolute Gasteiger partial charge is 0.350 e. The zero-order valence-electron chi connectivity index (χ0n) is 17.6. The highest BCUT2D eigenvalue weighted by molar-refractivity contribution is 6.36. The molecule has 29 heavy (non-hydrogen) atoms. The number of halogens is 2. The van der Waals surface area contributed by atoms with E-state index in [1.807, 2.05) is 47.0 Å². The maximum absolute atomic E-state index is 12.5. The molecule has 1 N–H and O–H groups in total. The molecule has 0 aromatic heterocycles. The van der Waals surface area contributed by atoms with Gasteiger partial charge in [-0.1, -0.05) is 30.1 Å². The van der Waals surface area contributed by atoms with Gasteiger partial charge in [-0.15, -0.1) is 0 Å². The van der Waals surface area contributed by atoms with Crippen LogP contribution in [0.5, 0.6) is 0 Å². The molecule has 1 atom stereocenters. The summed E-state index contributed by atoms with van der Waals surface area (Å²) in [5, 5.41) is 3.80. The van der Waals surface area contributed by atoms with Crippen LogP contribution in [-0.2, 0) is 6.42 Å². The first-order valence-electron chi connectivity index (χ1n) is 9.67. The topological polar surface area (TPSA) is 49.4 Å². The number of nitrogens with zero attached hydrogens (tertiary/aromatic N) is 1. The highest BCUT2D eigenvalue weighted by Gasteiger charge is 2.19. The van der Waals surface area contributed by atoms with Crippen molar-refractivity contribution < 1.29 is 9.59 Å². The molecule has 2 aromatic carbocycles. The van der Waals surface area contributed by atoms with Crippen LogP contribution in [0.3, 0.4) is 0 Å². The van der Waals surface area contributed by atoms with Gasteiger partial charge in [-0.2, -0.15) is 0 Å². The van der Waals surface area contributed by atoms with Crippen LogP contribution in [0.1, 0.15) is 50.8 Å². The van der Waals surface area contributed by atoms with E-state index in [0.717, 1.165) is 23.1 Å². The fraction of sp³-hybridized carbons (Fsp3) is 0.391. The zero-order chi connectivity index (χ0) is 21.7. The van der Waals surface area contributed by atoms with Crippen LogP contribution in [0.15, 0.2) is 30.3 Å². The molecule has 0 bridgehead atoms. The van der Waals surface area contributed by atoms with Crippen LogP contribution in [-0.4, -0.2) is 43.3 Å². The van der Waals surface area contributed by atoms with Crippen molar-refractivity contribution >= 4 is 34.9 Å². The quantitative estimate of drug-likeness (QED) is 0.587. The molecule has 0 heterocycles. The first kappa shape index (κ1) is 23.4. The summed E-state index contributed by atoms with van der Waals surface area (Å²) in [5.41, 5.74) is 4.57. The van der Waals surface area contributed by atoms with Gasteiger partial charge in [0.2, 0.25) is 0 Å². The van der Waals surface area contributed by atoms with E-state index in [1.165, 1.54) is 5.56 Å². The predicted molar refractivity (Wildman–Crippen MR) is 121 cm³/mol. The second-order valence-electron chi connectivity index (χ2n) is 7.52. The number of benzene rings is 2. The molecular formula is C23H28Cl2N2O2. The van der Waals surface area contributed by atoms with E-state index in [-0.39, 0.29) is 17.7 Å². The minimum atomic E-state index is -0.226. The molecule has 2 aromatic rings. The molecule has 6 heteroatoms. The van der Waals surface area contributed by atoms with Gasteiger partial charge in [0.1, 0.15) is 0 Å². The highest BCUT2D eigenvalue weighted by atomic mass is 35.5. The van der Waals surface area contributed by atoms with Gasteiger partial charge in [0.15, 0.2) is 5.78 Å². The van der Waals surface area contributed by atoms with Gasteiger partial charge >= 0.3 is 0 Å². The molecule has 1 amide bonds. The molecule has 4 nitrogen and oxygen atoms in total. The van der Waals surface area contributed by atoms with Crippen LogP contribution in [0.25, 0.3) is 0 Å². The Morgan fingerprint density at radius 3 is 2.21 bits per heavy atom. The summed E-state index contributed by atoms with van der Waals surface area (Å²) in [5.74, 6) is -0.0742. The van der Waals surface area contributed by atoms with E-state index in [0.29, 0.717) is 28.6 Å².